The molecule has 1 atom stereocenters. The highest BCUT2D eigenvalue weighted by Crippen LogP contribution is 2.20. The van der Waals surface area contributed by atoms with Crippen LogP contribution in [0.3, 0.4) is 0 Å². The molecule has 4 nitrogen and oxygen atoms in total. The van der Waals surface area contributed by atoms with Crippen LogP contribution in [0.2, 0.25) is 0 Å². The predicted molar refractivity (Wildman–Crippen MR) is 84.0 cm³/mol. The van der Waals surface area contributed by atoms with Crippen LogP contribution in [0.15, 0.2) is 30.5 Å². The predicted octanol–water partition coefficient (Wildman–Crippen LogP) is 2.65. The molecule has 0 saturated carbocycles. The van der Waals surface area contributed by atoms with Crippen LogP contribution in [0.4, 0.5) is 5.82 Å². The van der Waals surface area contributed by atoms with Crippen molar-refractivity contribution in [3.8, 4) is 0 Å². The topological polar surface area (TPSA) is 45.2 Å². The molecule has 0 aromatic carbocycles. The van der Waals surface area contributed by atoms with Crippen LogP contribution in [0.5, 0.6) is 0 Å². The molecule has 0 bridgehead atoms. The van der Waals surface area contributed by atoms with Crippen molar-refractivity contribution in [3.63, 3.8) is 0 Å². The van der Waals surface area contributed by atoms with Crippen molar-refractivity contribution >= 4 is 11.7 Å². The van der Waals surface area contributed by atoms with Crippen molar-refractivity contribution in [2.45, 2.75) is 38.6 Å². The fourth-order valence-electron chi connectivity index (χ4n) is 3.05. The first-order valence-corrected chi connectivity index (χ1v) is 7.95. The third-order valence-electron chi connectivity index (χ3n) is 4.35. The molecule has 4 heteroatoms. The maximum atomic E-state index is 12.1. The number of amides is 1. The van der Waals surface area contributed by atoms with E-state index < -0.39 is 0 Å². The number of carbonyl (C=O) groups is 1. The molecule has 112 valence electrons. The van der Waals surface area contributed by atoms with Gasteiger partial charge < -0.3 is 10.2 Å². The van der Waals surface area contributed by atoms with E-state index in [-0.39, 0.29) is 11.8 Å². The molecule has 0 spiro atoms. The van der Waals surface area contributed by atoms with Crippen molar-refractivity contribution in [3.05, 3.63) is 36.0 Å². The van der Waals surface area contributed by atoms with Gasteiger partial charge in [0.05, 0.1) is 0 Å². The number of nitrogens with one attached hydrogen (secondary N) is 1. The summed E-state index contributed by atoms with van der Waals surface area (Å²) in [6, 6.07) is 4.09. The SMILES string of the molecule is O=C(NCc1ccnc(N2CCCC2)c1)[C@H]1CC=CCC1. The normalized spacial score (nSPS) is 21.5. The summed E-state index contributed by atoms with van der Waals surface area (Å²) in [5.41, 5.74) is 1.13. The van der Waals surface area contributed by atoms with Gasteiger partial charge in [0.25, 0.3) is 0 Å². The molecule has 2 heterocycles. The summed E-state index contributed by atoms with van der Waals surface area (Å²) in [7, 11) is 0. The number of nitrogens with zero attached hydrogens (tertiary/aromatic N) is 2. The monoisotopic (exact) mass is 285 g/mol. The highest BCUT2D eigenvalue weighted by Gasteiger charge is 2.18. The summed E-state index contributed by atoms with van der Waals surface area (Å²) in [5.74, 6) is 1.37. The third kappa shape index (κ3) is 3.63. The summed E-state index contributed by atoms with van der Waals surface area (Å²) in [6.07, 6.45) is 11.5. The Morgan fingerprint density at radius 1 is 1.33 bits per heavy atom. The van der Waals surface area contributed by atoms with Gasteiger partial charge in [-0.05, 0) is 49.8 Å². The Morgan fingerprint density at radius 3 is 2.95 bits per heavy atom. The van der Waals surface area contributed by atoms with E-state index in [0.29, 0.717) is 6.54 Å². The summed E-state index contributed by atoms with van der Waals surface area (Å²) in [5, 5.41) is 3.07. The zero-order chi connectivity index (χ0) is 14.5. The van der Waals surface area contributed by atoms with Gasteiger partial charge in [0, 0.05) is 31.7 Å². The number of aromatic nitrogens is 1. The molecule has 2 aliphatic rings. The van der Waals surface area contributed by atoms with Crippen molar-refractivity contribution in [2.24, 2.45) is 5.92 Å². The fraction of sp³-hybridized carbons (Fsp3) is 0.529. The minimum atomic E-state index is 0.148. The molecule has 1 amide bonds. The first-order valence-electron chi connectivity index (χ1n) is 7.95. The maximum absolute atomic E-state index is 12.1. The smallest absolute Gasteiger partial charge is 0.223 e. The van der Waals surface area contributed by atoms with Gasteiger partial charge >= 0.3 is 0 Å². The van der Waals surface area contributed by atoms with E-state index >= 15 is 0 Å². The molecule has 21 heavy (non-hydrogen) atoms. The summed E-state index contributed by atoms with van der Waals surface area (Å²) >= 11 is 0. The molecule has 1 aliphatic heterocycles. The van der Waals surface area contributed by atoms with E-state index in [0.717, 1.165) is 43.7 Å². The van der Waals surface area contributed by atoms with Gasteiger partial charge in [0.2, 0.25) is 5.91 Å². The van der Waals surface area contributed by atoms with Crippen molar-refractivity contribution in [1.82, 2.24) is 10.3 Å². The second kappa shape index (κ2) is 6.74. The number of carbonyl (C=O) groups excluding carboxylic acids is 1. The van der Waals surface area contributed by atoms with Crippen LogP contribution in [0.25, 0.3) is 0 Å². The Bertz CT molecular complexity index is 521. The lowest BCUT2D eigenvalue weighted by atomic mass is 9.93. The standard InChI is InChI=1S/C17H23N3O/c21-17(15-6-2-1-3-7-15)19-13-14-8-9-18-16(12-14)20-10-4-5-11-20/h1-2,8-9,12,15H,3-7,10-11,13H2,(H,19,21)/t15-/m0/s1. The molecule has 3 rings (SSSR count). The van der Waals surface area contributed by atoms with Gasteiger partial charge in [-0.15, -0.1) is 0 Å². The molecule has 1 N–H and O–H groups in total. The average molecular weight is 285 g/mol. The van der Waals surface area contributed by atoms with E-state index in [1.807, 2.05) is 12.3 Å². The number of pyridine rings is 1. The molecule has 0 radical (unpaired) electrons. The van der Waals surface area contributed by atoms with Crippen LogP contribution in [-0.2, 0) is 11.3 Å². The van der Waals surface area contributed by atoms with Crippen molar-refractivity contribution in [2.75, 3.05) is 18.0 Å². The van der Waals surface area contributed by atoms with E-state index in [2.05, 4.69) is 33.4 Å². The van der Waals surface area contributed by atoms with Crippen molar-refractivity contribution < 1.29 is 4.79 Å². The number of hydrogen-bond donors (Lipinski definition) is 1. The van der Waals surface area contributed by atoms with E-state index in [4.69, 9.17) is 0 Å². The van der Waals surface area contributed by atoms with Gasteiger partial charge in [-0.25, -0.2) is 4.98 Å². The van der Waals surface area contributed by atoms with Gasteiger partial charge in [-0.2, -0.15) is 0 Å². The Hall–Kier alpha value is -1.84. The highest BCUT2D eigenvalue weighted by molar-refractivity contribution is 5.79. The second-order valence-corrected chi connectivity index (χ2v) is 5.92. The molecule has 1 fully saturated rings. The van der Waals surface area contributed by atoms with Crippen LogP contribution >= 0.6 is 0 Å². The molecule has 1 saturated heterocycles. The Balaban J connectivity index is 1.56. The number of allylic oxidation sites excluding steroid dienone is 2. The van der Waals surface area contributed by atoms with Gasteiger partial charge in [0.1, 0.15) is 5.82 Å². The summed E-state index contributed by atoms with van der Waals surface area (Å²) in [4.78, 5) is 18.9. The lowest BCUT2D eigenvalue weighted by Gasteiger charge is -2.19. The van der Waals surface area contributed by atoms with E-state index in [1.54, 1.807) is 0 Å². The van der Waals surface area contributed by atoms with Gasteiger partial charge in [-0.3, -0.25) is 4.79 Å². The molecule has 0 unspecified atom stereocenters. The highest BCUT2D eigenvalue weighted by atomic mass is 16.1. The lowest BCUT2D eigenvalue weighted by molar-refractivity contribution is -0.125. The minimum absolute atomic E-state index is 0.148. The second-order valence-electron chi connectivity index (χ2n) is 5.92. The molecule has 1 aromatic rings. The minimum Gasteiger partial charge on any atom is -0.357 e. The quantitative estimate of drug-likeness (QED) is 0.865. The zero-order valence-corrected chi connectivity index (χ0v) is 12.4. The Kier molecular flexibility index (Phi) is 4.53. The van der Waals surface area contributed by atoms with E-state index in [1.165, 1.54) is 12.8 Å². The molecule has 1 aliphatic carbocycles. The largest absolute Gasteiger partial charge is 0.357 e. The summed E-state index contributed by atoms with van der Waals surface area (Å²) < 4.78 is 0. The van der Waals surface area contributed by atoms with Gasteiger partial charge in [0.15, 0.2) is 0 Å². The molecule has 1 aromatic heterocycles. The fourth-order valence-corrected chi connectivity index (χ4v) is 3.05. The Labute approximate surface area is 126 Å². The lowest BCUT2D eigenvalue weighted by Crippen LogP contribution is -2.30. The average Bonchev–Trinajstić information content (AvgIpc) is 3.08. The van der Waals surface area contributed by atoms with Crippen LogP contribution in [0.1, 0.15) is 37.7 Å². The first-order chi connectivity index (χ1) is 10.3. The first kappa shape index (κ1) is 14.1. The van der Waals surface area contributed by atoms with E-state index in [9.17, 15) is 4.79 Å². The van der Waals surface area contributed by atoms with Crippen molar-refractivity contribution in [1.29, 1.82) is 0 Å². The number of anilines is 1. The van der Waals surface area contributed by atoms with Crippen LogP contribution < -0.4 is 10.2 Å². The Morgan fingerprint density at radius 2 is 2.19 bits per heavy atom. The zero-order valence-electron chi connectivity index (χ0n) is 12.4. The van der Waals surface area contributed by atoms with Crippen LogP contribution in [-0.4, -0.2) is 24.0 Å². The maximum Gasteiger partial charge on any atom is 0.223 e. The summed E-state index contributed by atoms with van der Waals surface area (Å²) in [6.45, 7) is 2.79. The molecular weight excluding hydrogens is 262 g/mol. The van der Waals surface area contributed by atoms with Crippen LogP contribution in [0, 0.1) is 5.92 Å². The molecular formula is C17H23N3O. The van der Waals surface area contributed by atoms with Gasteiger partial charge in [-0.1, -0.05) is 12.2 Å². The number of rotatable bonds is 4. The third-order valence-corrected chi connectivity index (χ3v) is 4.35. The number of hydrogen-bond acceptors (Lipinski definition) is 3.